The number of nitrogen functional groups attached to an aromatic ring is 1. The Morgan fingerprint density at radius 2 is 1.73 bits per heavy atom. The molecule has 0 atom stereocenters. The first-order valence-corrected chi connectivity index (χ1v) is 10.5. The lowest BCUT2D eigenvalue weighted by molar-refractivity contribution is -0.119. The van der Waals surface area contributed by atoms with Gasteiger partial charge in [-0.3, -0.25) is 24.0 Å². The number of likely N-dealkylation sites (N-methyl/N-ethyl adjacent to an activating group) is 2. The molecule has 0 spiro atoms. The number of anilines is 2. The second-order valence-corrected chi connectivity index (χ2v) is 8.08. The molecule has 8 nitrogen and oxygen atoms in total. The Morgan fingerprint density at radius 1 is 1.10 bits per heavy atom. The van der Waals surface area contributed by atoms with Crippen molar-refractivity contribution in [2.45, 2.75) is 51.1 Å². The zero-order valence-corrected chi connectivity index (χ0v) is 17.8. The minimum absolute atomic E-state index is 0.00444. The normalized spacial score (nSPS) is 15.2. The standard InChI is InChI=1S/C22H31N5O3/c1-25(17-12-8-3-4-9-13-17)15-18(28)26(2)19-20(23)27(22(30)24-21(19)29)14-16-10-6-5-7-11-16/h5-7,10-11,17H,3-4,8-9,12-15,23H2,1-2H3,(H,24,29,30). The van der Waals surface area contributed by atoms with E-state index in [4.69, 9.17) is 5.73 Å². The highest BCUT2D eigenvalue weighted by atomic mass is 16.2. The average molecular weight is 414 g/mol. The van der Waals surface area contributed by atoms with Crippen LogP contribution in [0.2, 0.25) is 0 Å². The Kier molecular flexibility index (Phi) is 7.10. The highest BCUT2D eigenvalue weighted by Gasteiger charge is 2.24. The molecule has 8 heteroatoms. The number of H-pyrrole nitrogens is 1. The number of aromatic amines is 1. The van der Waals surface area contributed by atoms with E-state index in [1.54, 1.807) is 0 Å². The fourth-order valence-electron chi connectivity index (χ4n) is 4.10. The lowest BCUT2D eigenvalue weighted by atomic mass is 10.1. The Hall–Kier alpha value is -2.87. The number of aromatic nitrogens is 2. The molecule has 1 aliphatic carbocycles. The Labute approximate surface area is 176 Å². The molecule has 1 aliphatic rings. The second-order valence-electron chi connectivity index (χ2n) is 8.08. The summed E-state index contributed by atoms with van der Waals surface area (Å²) in [5, 5.41) is 0. The van der Waals surface area contributed by atoms with Gasteiger partial charge >= 0.3 is 5.69 Å². The number of rotatable bonds is 6. The van der Waals surface area contributed by atoms with Gasteiger partial charge in [0.05, 0.1) is 13.1 Å². The average Bonchev–Trinajstić information content (AvgIpc) is 3.01. The first-order valence-electron chi connectivity index (χ1n) is 10.5. The third-order valence-electron chi connectivity index (χ3n) is 5.94. The van der Waals surface area contributed by atoms with Gasteiger partial charge in [-0.1, -0.05) is 56.0 Å². The van der Waals surface area contributed by atoms with E-state index in [9.17, 15) is 14.4 Å². The van der Waals surface area contributed by atoms with Crippen LogP contribution in [-0.2, 0) is 11.3 Å². The predicted octanol–water partition coefficient (Wildman–Crippen LogP) is 1.78. The number of nitrogens with one attached hydrogen (secondary N) is 1. The lowest BCUT2D eigenvalue weighted by Gasteiger charge is -2.28. The van der Waals surface area contributed by atoms with Gasteiger partial charge in [-0.25, -0.2) is 4.79 Å². The van der Waals surface area contributed by atoms with Gasteiger partial charge in [0, 0.05) is 13.1 Å². The van der Waals surface area contributed by atoms with Gasteiger partial charge in [0.2, 0.25) is 5.91 Å². The summed E-state index contributed by atoms with van der Waals surface area (Å²) in [6.07, 6.45) is 7.00. The summed E-state index contributed by atoms with van der Waals surface area (Å²) < 4.78 is 1.28. The Balaban J connectivity index is 1.81. The van der Waals surface area contributed by atoms with Crippen LogP contribution >= 0.6 is 0 Å². The van der Waals surface area contributed by atoms with E-state index in [1.165, 1.54) is 42.2 Å². The maximum atomic E-state index is 12.9. The van der Waals surface area contributed by atoms with Crippen molar-refractivity contribution in [3.63, 3.8) is 0 Å². The number of hydrogen-bond acceptors (Lipinski definition) is 5. The molecular weight excluding hydrogens is 382 g/mol. The summed E-state index contributed by atoms with van der Waals surface area (Å²) in [5.74, 6) is -0.246. The fraction of sp³-hybridized carbons (Fsp3) is 0.500. The molecule has 1 fully saturated rings. The molecule has 0 unspecified atom stereocenters. The van der Waals surface area contributed by atoms with Gasteiger partial charge in [-0.2, -0.15) is 0 Å². The highest BCUT2D eigenvalue weighted by molar-refractivity contribution is 5.96. The molecule has 1 aromatic heterocycles. The Morgan fingerprint density at radius 3 is 2.37 bits per heavy atom. The van der Waals surface area contributed by atoms with E-state index >= 15 is 0 Å². The van der Waals surface area contributed by atoms with E-state index in [1.807, 2.05) is 37.4 Å². The zero-order chi connectivity index (χ0) is 21.7. The molecular formula is C22H31N5O3. The quantitative estimate of drug-likeness (QED) is 0.703. The topological polar surface area (TPSA) is 104 Å². The summed E-state index contributed by atoms with van der Waals surface area (Å²) in [5.41, 5.74) is 5.82. The van der Waals surface area contributed by atoms with Crippen molar-refractivity contribution < 1.29 is 4.79 Å². The monoisotopic (exact) mass is 413 g/mol. The van der Waals surface area contributed by atoms with Crippen LogP contribution in [0.5, 0.6) is 0 Å². The van der Waals surface area contributed by atoms with Gasteiger partial charge in [0.1, 0.15) is 5.82 Å². The molecule has 0 aliphatic heterocycles. The van der Waals surface area contributed by atoms with Gasteiger partial charge in [0.15, 0.2) is 5.69 Å². The van der Waals surface area contributed by atoms with Crippen LogP contribution in [-0.4, -0.2) is 47.0 Å². The molecule has 0 saturated heterocycles. The third-order valence-corrected chi connectivity index (χ3v) is 5.94. The van der Waals surface area contributed by atoms with Gasteiger partial charge in [0.25, 0.3) is 5.56 Å². The number of carbonyl (C=O) groups excluding carboxylic acids is 1. The van der Waals surface area contributed by atoms with E-state index in [0.29, 0.717) is 6.04 Å². The molecule has 1 amide bonds. The third kappa shape index (κ3) is 4.99. The number of benzene rings is 1. The smallest absolute Gasteiger partial charge is 0.330 e. The summed E-state index contributed by atoms with van der Waals surface area (Å²) in [6, 6.07) is 9.71. The first kappa shape index (κ1) is 21.8. The van der Waals surface area contributed by atoms with Crippen molar-refractivity contribution in [2.75, 3.05) is 31.3 Å². The predicted molar refractivity (Wildman–Crippen MR) is 119 cm³/mol. The van der Waals surface area contributed by atoms with Crippen LogP contribution in [0.15, 0.2) is 39.9 Å². The SMILES string of the molecule is CN(C(=O)CN(C)C1CCCCCC1)c1c(N)n(Cc2ccccc2)c(=O)[nH]c1=O. The minimum atomic E-state index is -0.658. The summed E-state index contributed by atoms with van der Waals surface area (Å²) in [4.78, 5) is 43.4. The highest BCUT2D eigenvalue weighted by Crippen LogP contribution is 2.22. The molecule has 3 rings (SSSR count). The Bertz CT molecular complexity index is 975. The van der Waals surface area contributed by atoms with Gasteiger partial charge in [-0.05, 0) is 25.5 Å². The summed E-state index contributed by atoms with van der Waals surface area (Å²) in [7, 11) is 3.48. The van der Waals surface area contributed by atoms with Gasteiger partial charge in [-0.15, -0.1) is 0 Å². The van der Waals surface area contributed by atoms with E-state index in [2.05, 4.69) is 9.88 Å². The molecule has 1 heterocycles. The van der Waals surface area contributed by atoms with Crippen molar-refractivity contribution in [3.05, 3.63) is 56.7 Å². The van der Waals surface area contributed by atoms with Crippen molar-refractivity contribution in [2.24, 2.45) is 0 Å². The van der Waals surface area contributed by atoms with Crippen molar-refractivity contribution in [1.82, 2.24) is 14.5 Å². The van der Waals surface area contributed by atoms with Gasteiger partial charge < -0.3 is 10.6 Å². The van der Waals surface area contributed by atoms with Crippen LogP contribution in [0, 0.1) is 0 Å². The minimum Gasteiger partial charge on any atom is -0.383 e. The molecule has 2 aromatic rings. The van der Waals surface area contributed by atoms with Crippen molar-refractivity contribution in [1.29, 1.82) is 0 Å². The number of carbonyl (C=O) groups is 1. The molecule has 3 N–H and O–H groups in total. The van der Waals surface area contributed by atoms with Crippen LogP contribution < -0.4 is 21.9 Å². The zero-order valence-electron chi connectivity index (χ0n) is 17.8. The summed E-state index contributed by atoms with van der Waals surface area (Å²) in [6.45, 7) is 0.400. The van der Waals surface area contributed by atoms with Crippen LogP contribution in [0.1, 0.15) is 44.1 Å². The van der Waals surface area contributed by atoms with Crippen molar-refractivity contribution >= 4 is 17.4 Å². The number of nitrogens with zero attached hydrogens (tertiary/aromatic N) is 3. The number of amides is 1. The largest absolute Gasteiger partial charge is 0.383 e. The van der Waals surface area contributed by atoms with Crippen LogP contribution in [0.25, 0.3) is 0 Å². The maximum Gasteiger partial charge on any atom is 0.330 e. The fourth-order valence-corrected chi connectivity index (χ4v) is 4.10. The van der Waals surface area contributed by atoms with E-state index in [-0.39, 0.29) is 30.5 Å². The molecule has 162 valence electrons. The molecule has 30 heavy (non-hydrogen) atoms. The molecule has 0 bridgehead atoms. The first-order chi connectivity index (χ1) is 14.4. The number of hydrogen-bond donors (Lipinski definition) is 2. The maximum absolute atomic E-state index is 12.9. The second kappa shape index (κ2) is 9.75. The number of nitrogens with two attached hydrogens (primary N) is 1. The molecule has 0 radical (unpaired) electrons. The van der Waals surface area contributed by atoms with E-state index < -0.39 is 11.2 Å². The van der Waals surface area contributed by atoms with E-state index in [0.717, 1.165) is 18.4 Å². The molecule has 1 aromatic carbocycles. The van der Waals surface area contributed by atoms with Crippen LogP contribution in [0.3, 0.4) is 0 Å². The summed E-state index contributed by atoms with van der Waals surface area (Å²) >= 11 is 0. The lowest BCUT2D eigenvalue weighted by Crippen LogP contribution is -2.44. The van der Waals surface area contributed by atoms with Crippen molar-refractivity contribution in [3.8, 4) is 0 Å². The van der Waals surface area contributed by atoms with Crippen LogP contribution in [0.4, 0.5) is 11.5 Å². The molecule has 1 saturated carbocycles.